The lowest BCUT2D eigenvalue weighted by atomic mass is 9.94. The molecule has 3 rings (SSSR count). The van der Waals surface area contributed by atoms with Crippen LogP contribution in [0.1, 0.15) is 40.6 Å². The topological polar surface area (TPSA) is 63.2 Å². The number of benzene rings is 1. The van der Waals surface area contributed by atoms with E-state index in [1.54, 1.807) is 0 Å². The van der Waals surface area contributed by atoms with Gasteiger partial charge in [0.2, 0.25) is 0 Å². The van der Waals surface area contributed by atoms with E-state index in [1.165, 1.54) is 36.5 Å². The molecule has 0 saturated heterocycles. The number of aryl methyl sites for hydroxylation is 1. The van der Waals surface area contributed by atoms with Crippen LogP contribution in [0.25, 0.3) is 0 Å². The summed E-state index contributed by atoms with van der Waals surface area (Å²) >= 11 is 1.28. The third kappa shape index (κ3) is 3.03. The normalized spacial score (nSPS) is 14.3. The van der Waals surface area contributed by atoms with E-state index in [9.17, 15) is 17.6 Å². The van der Waals surface area contributed by atoms with Gasteiger partial charge < -0.3 is 0 Å². The highest BCUT2D eigenvalue weighted by Crippen LogP contribution is 2.39. The zero-order valence-corrected chi connectivity index (χ0v) is 14.2. The molecule has 0 unspecified atom stereocenters. The fourth-order valence-electron chi connectivity index (χ4n) is 2.85. The molecule has 1 aromatic carbocycles. The quantitative estimate of drug-likeness (QED) is 0.851. The lowest BCUT2D eigenvalue weighted by Gasteiger charge is -2.11. The third-order valence-electron chi connectivity index (χ3n) is 3.88. The second-order valence-electron chi connectivity index (χ2n) is 5.51. The summed E-state index contributed by atoms with van der Waals surface area (Å²) in [6, 6.07) is 5.20. The first-order valence-electron chi connectivity index (χ1n) is 7.33. The van der Waals surface area contributed by atoms with Crippen LogP contribution in [0, 0.1) is 5.82 Å². The van der Waals surface area contributed by atoms with Crippen molar-refractivity contribution in [2.75, 3.05) is 4.72 Å². The molecular formula is C16H16FNO3S2. The molecule has 0 amide bonds. The van der Waals surface area contributed by atoms with Crippen molar-refractivity contribution in [1.82, 2.24) is 0 Å². The Morgan fingerprint density at radius 2 is 1.91 bits per heavy atom. The van der Waals surface area contributed by atoms with Crippen molar-refractivity contribution in [2.45, 2.75) is 37.5 Å². The maximum absolute atomic E-state index is 13.8. The molecule has 0 spiro atoms. The van der Waals surface area contributed by atoms with Gasteiger partial charge in [0.1, 0.15) is 15.7 Å². The van der Waals surface area contributed by atoms with Crippen LogP contribution in [0.5, 0.6) is 0 Å². The number of halogens is 1. The van der Waals surface area contributed by atoms with Crippen molar-refractivity contribution in [3.8, 4) is 0 Å². The van der Waals surface area contributed by atoms with Gasteiger partial charge in [0.15, 0.2) is 5.78 Å². The van der Waals surface area contributed by atoms with Crippen molar-refractivity contribution in [1.29, 1.82) is 0 Å². The molecule has 1 heterocycles. The smallest absolute Gasteiger partial charge is 0.265 e. The molecule has 0 fully saturated rings. The van der Waals surface area contributed by atoms with Crippen LogP contribution < -0.4 is 4.72 Å². The molecule has 0 radical (unpaired) electrons. The molecule has 7 heteroatoms. The monoisotopic (exact) mass is 353 g/mol. The van der Waals surface area contributed by atoms with Crippen LogP contribution in [-0.4, -0.2) is 14.2 Å². The van der Waals surface area contributed by atoms with Gasteiger partial charge in [-0.25, -0.2) is 12.8 Å². The molecule has 122 valence electrons. The number of fused-ring (bicyclic) bond motifs is 1. The van der Waals surface area contributed by atoms with E-state index >= 15 is 0 Å². The number of anilines is 1. The Labute approximate surface area is 138 Å². The standard InChI is InChI=1S/C16H16FNO3S2/c1-10(19)15-11-6-2-4-8-13(11)22-16(15)18-23(20,21)14-9-5-3-7-12(14)17/h3,5,7,9,18H,2,4,6,8H2,1H3. The van der Waals surface area contributed by atoms with Gasteiger partial charge in [-0.2, -0.15) is 0 Å². The number of nitrogens with one attached hydrogen (secondary N) is 1. The van der Waals surface area contributed by atoms with Crippen LogP contribution in [0.15, 0.2) is 29.2 Å². The second-order valence-corrected chi connectivity index (χ2v) is 8.26. The van der Waals surface area contributed by atoms with Crippen molar-refractivity contribution < 1.29 is 17.6 Å². The second kappa shape index (κ2) is 6.05. The molecule has 0 bridgehead atoms. The fourth-order valence-corrected chi connectivity index (χ4v) is 5.57. The summed E-state index contributed by atoms with van der Waals surface area (Å²) in [5.74, 6) is -0.985. The number of carbonyl (C=O) groups is 1. The number of hydrogen-bond acceptors (Lipinski definition) is 4. The lowest BCUT2D eigenvalue weighted by Crippen LogP contribution is -2.15. The zero-order chi connectivity index (χ0) is 16.6. The summed E-state index contributed by atoms with van der Waals surface area (Å²) in [4.78, 5) is 12.6. The number of thiophene rings is 1. The summed E-state index contributed by atoms with van der Waals surface area (Å²) in [6.45, 7) is 1.43. The van der Waals surface area contributed by atoms with Crippen molar-refractivity contribution in [3.63, 3.8) is 0 Å². The Hall–Kier alpha value is -1.73. The van der Waals surface area contributed by atoms with Crippen LogP contribution >= 0.6 is 11.3 Å². The Balaban J connectivity index is 2.05. The molecule has 1 aliphatic rings. The largest absolute Gasteiger partial charge is 0.294 e. The van der Waals surface area contributed by atoms with E-state index in [0.717, 1.165) is 42.2 Å². The first kappa shape index (κ1) is 16.1. The van der Waals surface area contributed by atoms with Gasteiger partial charge in [-0.3, -0.25) is 9.52 Å². The lowest BCUT2D eigenvalue weighted by molar-refractivity contribution is 0.101. The van der Waals surface area contributed by atoms with Crippen molar-refractivity contribution in [3.05, 3.63) is 46.1 Å². The van der Waals surface area contributed by atoms with Gasteiger partial charge in [-0.15, -0.1) is 11.3 Å². The molecule has 2 aromatic rings. The predicted octanol–water partition coefficient (Wildman–Crippen LogP) is 3.77. The molecule has 0 saturated carbocycles. The van der Waals surface area contributed by atoms with Gasteiger partial charge in [0, 0.05) is 4.88 Å². The van der Waals surface area contributed by atoms with Crippen LogP contribution in [0.2, 0.25) is 0 Å². The first-order chi connectivity index (χ1) is 10.9. The SMILES string of the molecule is CC(=O)c1c(NS(=O)(=O)c2ccccc2F)sc2c1CCCC2. The number of carbonyl (C=O) groups excluding carboxylic acids is 1. The van der Waals surface area contributed by atoms with Gasteiger partial charge in [-0.05, 0) is 50.3 Å². The van der Waals surface area contributed by atoms with Crippen LogP contribution in [-0.2, 0) is 22.9 Å². The highest BCUT2D eigenvalue weighted by molar-refractivity contribution is 7.93. The van der Waals surface area contributed by atoms with E-state index < -0.39 is 20.7 Å². The third-order valence-corrected chi connectivity index (χ3v) is 6.60. The summed E-state index contributed by atoms with van der Waals surface area (Å²) in [5, 5.41) is 0.299. The number of rotatable bonds is 4. The van der Waals surface area contributed by atoms with E-state index in [1.807, 2.05) is 0 Å². The summed E-state index contributed by atoms with van der Waals surface area (Å²) in [6.07, 6.45) is 3.65. The molecule has 4 nitrogen and oxygen atoms in total. The summed E-state index contributed by atoms with van der Waals surface area (Å²) in [5.41, 5.74) is 1.38. The summed E-state index contributed by atoms with van der Waals surface area (Å²) < 4.78 is 41.1. The average Bonchev–Trinajstić information content (AvgIpc) is 2.84. The van der Waals surface area contributed by atoms with Gasteiger partial charge in [-0.1, -0.05) is 12.1 Å². The summed E-state index contributed by atoms with van der Waals surface area (Å²) in [7, 11) is -4.07. The minimum atomic E-state index is -4.07. The zero-order valence-electron chi connectivity index (χ0n) is 12.6. The number of Topliss-reactive ketones (excluding diaryl/α,β-unsaturated/α-hetero) is 1. The average molecular weight is 353 g/mol. The van der Waals surface area contributed by atoms with E-state index in [4.69, 9.17) is 0 Å². The Morgan fingerprint density at radius 1 is 1.22 bits per heavy atom. The number of sulfonamides is 1. The van der Waals surface area contributed by atoms with Crippen molar-refractivity contribution >= 4 is 32.1 Å². The Bertz CT molecular complexity index is 871. The minimum Gasteiger partial charge on any atom is -0.294 e. The number of hydrogen-bond donors (Lipinski definition) is 1. The van der Waals surface area contributed by atoms with E-state index in [0.29, 0.717) is 10.6 Å². The minimum absolute atomic E-state index is 0.171. The van der Waals surface area contributed by atoms with Gasteiger partial charge in [0.05, 0.1) is 5.56 Å². The first-order valence-corrected chi connectivity index (χ1v) is 9.63. The molecule has 1 aromatic heterocycles. The van der Waals surface area contributed by atoms with E-state index in [2.05, 4.69) is 4.72 Å². The Morgan fingerprint density at radius 3 is 2.61 bits per heavy atom. The predicted molar refractivity (Wildman–Crippen MR) is 88.2 cm³/mol. The maximum Gasteiger partial charge on any atom is 0.265 e. The highest BCUT2D eigenvalue weighted by atomic mass is 32.2. The molecular weight excluding hydrogens is 337 g/mol. The Kier molecular flexibility index (Phi) is 4.25. The van der Waals surface area contributed by atoms with Gasteiger partial charge >= 0.3 is 0 Å². The molecule has 1 aliphatic carbocycles. The van der Waals surface area contributed by atoms with Crippen LogP contribution in [0.4, 0.5) is 9.39 Å². The highest BCUT2D eigenvalue weighted by Gasteiger charge is 2.27. The van der Waals surface area contributed by atoms with E-state index in [-0.39, 0.29) is 5.78 Å². The number of ketones is 1. The van der Waals surface area contributed by atoms with Gasteiger partial charge in [0.25, 0.3) is 10.0 Å². The van der Waals surface area contributed by atoms with Crippen molar-refractivity contribution in [2.24, 2.45) is 0 Å². The molecule has 23 heavy (non-hydrogen) atoms. The molecule has 0 aliphatic heterocycles. The maximum atomic E-state index is 13.8. The molecule has 0 atom stereocenters. The molecule has 1 N–H and O–H groups in total. The fraction of sp³-hybridized carbons (Fsp3) is 0.312. The van der Waals surface area contributed by atoms with Crippen LogP contribution in [0.3, 0.4) is 0 Å².